The molecule has 0 atom stereocenters. The Hall–Kier alpha value is -1.62. The van der Waals surface area contributed by atoms with E-state index >= 15 is 0 Å². The SMILES string of the molecule is Clc1ccc(CN2CCN(/N=C/C(Br)=C/c3ccccc3)CC2)cc1. The summed E-state index contributed by atoms with van der Waals surface area (Å²) >= 11 is 9.51. The predicted molar refractivity (Wildman–Crippen MR) is 110 cm³/mol. The van der Waals surface area contributed by atoms with Crippen molar-refractivity contribution in [3.05, 3.63) is 75.2 Å². The van der Waals surface area contributed by atoms with Crippen LogP contribution in [0.15, 0.2) is 64.2 Å². The standard InChI is InChI=1S/C20H21BrClN3/c21-19(14-17-4-2-1-3-5-17)15-23-25-12-10-24(11-13-25)16-18-6-8-20(22)9-7-18/h1-9,14-15H,10-13,16H2/b19-14-,23-15+. The third kappa shape index (κ3) is 5.99. The van der Waals surface area contributed by atoms with E-state index in [0.717, 1.165) is 47.8 Å². The molecule has 25 heavy (non-hydrogen) atoms. The molecule has 5 heteroatoms. The van der Waals surface area contributed by atoms with Crippen molar-refractivity contribution in [2.75, 3.05) is 26.2 Å². The van der Waals surface area contributed by atoms with E-state index < -0.39 is 0 Å². The molecule has 1 fully saturated rings. The van der Waals surface area contributed by atoms with Crippen LogP contribution in [0, 0.1) is 0 Å². The van der Waals surface area contributed by atoms with Crippen LogP contribution in [0.25, 0.3) is 6.08 Å². The van der Waals surface area contributed by atoms with Gasteiger partial charge < -0.3 is 0 Å². The van der Waals surface area contributed by atoms with Crippen molar-refractivity contribution >= 4 is 39.8 Å². The number of piperazine rings is 1. The summed E-state index contributed by atoms with van der Waals surface area (Å²) in [4.78, 5) is 2.45. The first-order valence-corrected chi connectivity index (χ1v) is 9.54. The third-order valence-electron chi connectivity index (χ3n) is 4.12. The molecule has 2 aromatic rings. The summed E-state index contributed by atoms with van der Waals surface area (Å²) in [7, 11) is 0. The minimum absolute atomic E-state index is 0.789. The second-order valence-corrected chi connectivity index (χ2v) is 7.39. The van der Waals surface area contributed by atoms with Gasteiger partial charge >= 0.3 is 0 Å². The molecule has 0 aromatic heterocycles. The second kappa shape index (κ2) is 9.18. The third-order valence-corrected chi connectivity index (χ3v) is 4.80. The molecule has 2 aromatic carbocycles. The molecule has 130 valence electrons. The number of benzene rings is 2. The van der Waals surface area contributed by atoms with Gasteiger partial charge in [0.25, 0.3) is 0 Å². The van der Waals surface area contributed by atoms with Crippen molar-refractivity contribution in [3.63, 3.8) is 0 Å². The fraction of sp³-hybridized carbons (Fsp3) is 0.250. The summed E-state index contributed by atoms with van der Waals surface area (Å²) in [5.41, 5.74) is 2.46. The van der Waals surface area contributed by atoms with Gasteiger partial charge in [0, 0.05) is 42.2 Å². The average Bonchev–Trinajstić information content (AvgIpc) is 2.64. The molecule has 0 radical (unpaired) electrons. The molecule has 1 heterocycles. The van der Waals surface area contributed by atoms with Crippen LogP contribution in [-0.4, -0.2) is 42.3 Å². The fourth-order valence-corrected chi connectivity index (χ4v) is 3.22. The van der Waals surface area contributed by atoms with Gasteiger partial charge in [-0.05, 0) is 45.3 Å². The van der Waals surface area contributed by atoms with E-state index in [0.29, 0.717) is 0 Å². The molecule has 3 nitrogen and oxygen atoms in total. The van der Waals surface area contributed by atoms with Gasteiger partial charge in [0.1, 0.15) is 0 Å². The zero-order chi connectivity index (χ0) is 17.5. The number of allylic oxidation sites excluding steroid dienone is 1. The first kappa shape index (κ1) is 18.2. The highest BCUT2D eigenvalue weighted by atomic mass is 79.9. The highest BCUT2D eigenvalue weighted by Gasteiger charge is 2.15. The summed E-state index contributed by atoms with van der Waals surface area (Å²) in [5.74, 6) is 0. The lowest BCUT2D eigenvalue weighted by Gasteiger charge is -2.33. The zero-order valence-electron chi connectivity index (χ0n) is 14.0. The molecular weight excluding hydrogens is 398 g/mol. The quantitative estimate of drug-likeness (QED) is 0.645. The normalized spacial score (nSPS) is 16.6. The Balaban J connectivity index is 1.47. The lowest BCUT2D eigenvalue weighted by atomic mass is 10.2. The van der Waals surface area contributed by atoms with Crippen molar-refractivity contribution in [1.82, 2.24) is 9.91 Å². The van der Waals surface area contributed by atoms with E-state index in [1.54, 1.807) is 0 Å². The number of hydrogen-bond donors (Lipinski definition) is 0. The first-order valence-electron chi connectivity index (χ1n) is 8.37. The molecule has 1 aliphatic heterocycles. The van der Waals surface area contributed by atoms with Crippen LogP contribution in [0.4, 0.5) is 0 Å². The Bertz CT molecular complexity index is 720. The minimum Gasteiger partial charge on any atom is -0.295 e. The summed E-state index contributed by atoms with van der Waals surface area (Å²) in [6.45, 7) is 4.87. The Kier molecular flexibility index (Phi) is 6.68. The Morgan fingerprint density at radius 3 is 2.36 bits per heavy atom. The zero-order valence-corrected chi connectivity index (χ0v) is 16.3. The number of nitrogens with zero attached hydrogens (tertiary/aromatic N) is 3. The van der Waals surface area contributed by atoms with E-state index in [1.807, 2.05) is 36.5 Å². The van der Waals surface area contributed by atoms with E-state index in [1.165, 1.54) is 5.56 Å². The maximum atomic E-state index is 5.94. The number of hydrazone groups is 1. The highest BCUT2D eigenvalue weighted by Crippen LogP contribution is 2.14. The predicted octanol–water partition coefficient (Wildman–Crippen LogP) is 4.88. The maximum Gasteiger partial charge on any atom is 0.0612 e. The van der Waals surface area contributed by atoms with Crippen LogP contribution in [-0.2, 0) is 6.54 Å². The van der Waals surface area contributed by atoms with Crippen molar-refractivity contribution in [3.8, 4) is 0 Å². The van der Waals surface area contributed by atoms with Gasteiger partial charge in [-0.2, -0.15) is 5.10 Å². The van der Waals surface area contributed by atoms with E-state index in [4.69, 9.17) is 11.6 Å². The molecule has 3 rings (SSSR count). The lowest BCUT2D eigenvalue weighted by Crippen LogP contribution is -2.43. The molecule has 0 unspecified atom stereocenters. The molecule has 1 aliphatic rings. The number of rotatable bonds is 5. The van der Waals surface area contributed by atoms with Crippen LogP contribution in [0.5, 0.6) is 0 Å². The molecule has 0 spiro atoms. The van der Waals surface area contributed by atoms with Gasteiger partial charge in [-0.3, -0.25) is 9.91 Å². The maximum absolute atomic E-state index is 5.94. The van der Waals surface area contributed by atoms with Crippen molar-refractivity contribution in [1.29, 1.82) is 0 Å². The van der Waals surface area contributed by atoms with Gasteiger partial charge in [-0.25, -0.2) is 0 Å². The molecule has 1 saturated heterocycles. The summed E-state index contributed by atoms with van der Waals surface area (Å²) in [5, 5.41) is 7.49. The Labute approximate surface area is 162 Å². The van der Waals surface area contributed by atoms with Crippen LogP contribution in [0.1, 0.15) is 11.1 Å². The van der Waals surface area contributed by atoms with Crippen molar-refractivity contribution < 1.29 is 0 Å². The molecular formula is C20H21BrClN3. The summed E-state index contributed by atoms with van der Waals surface area (Å²) in [6.07, 6.45) is 3.95. The highest BCUT2D eigenvalue weighted by molar-refractivity contribution is 9.12. The molecule has 0 saturated carbocycles. The monoisotopic (exact) mass is 417 g/mol. The smallest absolute Gasteiger partial charge is 0.0612 e. The molecule has 0 bridgehead atoms. The average molecular weight is 419 g/mol. The van der Waals surface area contributed by atoms with Gasteiger partial charge in [-0.15, -0.1) is 0 Å². The van der Waals surface area contributed by atoms with Gasteiger partial charge in [0.05, 0.1) is 6.21 Å². The summed E-state index contributed by atoms with van der Waals surface area (Å²) in [6, 6.07) is 18.3. The first-order chi connectivity index (χ1) is 12.2. The molecule has 0 N–H and O–H groups in total. The van der Waals surface area contributed by atoms with Crippen LogP contribution in [0.3, 0.4) is 0 Å². The van der Waals surface area contributed by atoms with E-state index in [-0.39, 0.29) is 0 Å². The molecule has 0 aliphatic carbocycles. The van der Waals surface area contributed by atoms with E-state index in [9.17, 15) is 0 Å². The van der Waals surface area contributed by atoms with Crippen LogP contribution >= 0.6 is 27.5 Å². The van der Waals surface area contributed by atoms with Crippen LogP contribution in [0.2, 0.25) is 5.02 Å². The van der Waals surface area contributed by atoms with Gasteiger partial charge in [-0.1, -0.05) is 54.1 Å². The number of hydrogen-bond acceptors (Lipinski definition) is 3. The van der Waals surface area contributed by atoms with Gasteiger partial charge in [0.2, 0.25) is 0 Å². The topological polar surface area (TPSA) is 18.8 Å². The Morgan fingerprint density at radius 2 is 1.68 bits per heavy atom. The van der Waals surface area contributed by atoms with Gasteiger partial charge in [0.15, 0.2) is 0 Å². The van der Waals surface area contributed by atoms with Crippen molar-refractivity contribution in [2.45, 2.75) is 6.54 Å². The minimum atomic E-state index is 0.789. The van der Waals surface area contributed by atoms with E-state index in [2.05, 4.69) is 61.3 Å². The van der Waals surface area contributed by atoms with Crippen LogP contribution < -0.4 is 0 Å². The Morgan fingerprint density at radius 1 is 1.00 bits per heavy atom. The molecule has 0 amide bonds. The number of halogens is 2. The second-order valence-electron chi connectivity index (χ2n) is 6.04. The lowest BCUT2D eigenvalue weighted by molar-refractivity contribution is 0.131. The van der Waals surface area contributed by atoms with Crippen molar-refractivity contribution in [2.24, 2.45) is 5.10 Å². The fourth-order valence-electron chi connectivity index (χ4n) is 2.74. The summed E-state index contributed by atoms with van der Waals surface area (Å²) < 4.78 is 0.974. The largest absolute Gasteiger partial charge is 0.295 e.